The molecule has 2 aliphatic heterocycles. The number of carbonyl (C=O) groups is 2. The van der Waals surface area contributed by atoms with Crippen molar-refractivity contribution in [3.63, 3.8) is 0 Å². The van der Waals surface area contributed by atoms with Gasteiger partial charge in [0.2, 0.25) is 5.82 Å². The number of benzene rings is 1. The number of rotatable bonds is 10. The van der Waals surface area contributed by atoms with E-state index in [1.807, 2.05) is 0 Å². The Morgan fingerprint density at radius 2 is 1.59 bits per heavy atom. The van der Waals surface area contributed by atoms with Crippen molar-refractivity contribution in [3.05, 3.63) is 60.2 Å². The van der Waals surface area contributed by atoms with Crippen molar-refractivity contribution in [2.45, 2.75) is 66.7 Å². The molecule has 2 aliphatic rings. The Morgan fingerprint density at radius 1 is 0.963 bits per heavy atom. The van der Waals surface area contributed by atoms with Crippen LogP contribution < -0.4 is 0 Å². The number of aromatic nitrogens is 8. The van der Waals surface area contributed by atoms with Gasteiger partial charge < -0.3 is 28.8 Å². The smallest absolute Gasteiger partial charge is 0.451 e. The molecule has 8 atom stereocenters. The number of alkyl halides is 3. The normalized spacial score (nSPS) is 26.0. The number of aliphatic hydroxyl groups excluding tert-OH is 1. The molecule has 0 aliphatic carbocycles. The van der Waals surface area contributed by atoms with Crippen LogP contribution in [0.25, 0.3) is 22.5 Å². The summed E-state index contributed by atoms with van der Waals surface area (Å²) < 4.78 is 112. The van der Waals surface area contributed by atoms with Gasteiger partial charge in [0.1, 0.15) is 41.1 Å². The van der Waals surface area contributed by atoms with E-state index in [1.165, 1.54) is 28.9 Å². The van der Waals surface area contributed by atoms with Crippen LogP contribution >= 0.6 is 11.8 Å². The van der Waals surface area contributed by atoms with Gasteiger partial charge in [0, 0.05) is 37.6 Å². The fourth-order valence-corrected chi connectivity index (χ4v) is 7.51. The first-order valence-electron chi connectivity index (χ1n) is 15.9. The Labute approximate surface area is 305 Å². The fourth-order valence-electron chi connectivity index (χ4n) is 6.02. The predicted molar refractivity (Wildman–Crippen MR) is 169 cm³/mol. The maximum atomic E-state index is 14.1. The summed E-state index contributed by atoms with van der Waals surface area (Å²) in [4.78, 5) is 31.6. The third-order valence-corrected chi connectivity index (χ3v) is 10.0. The molecule has 0 amide bonds. The monoisotopic (exact) mass is 788 g/mol. The number of hydrogen-bond donors (Lipinski definition) is 1. The zero-order chi connectivity index (χ0) is 38.9. The van der Waals surface area contributed by atoms with Crippen molar-refractivity contribution in [2.24, 2.45) is 0 Å². The highest BCUT2D eigenvalue weighted by Crippen LogP contribution is 2.43. The van der Waals surface area contributed by atoms with Crippen LogP contribution in [0.15, 0.2) is 36.9 Å². The topological polar surface area (TPSA) is 188 Å². The van der Waals surface area contributed by atoms with Crippen LogP contribution in [0.1, 0.15) is 31.3 Å². The predicted octanol–water partition coefficient (Wildman–Crippen LogP) is 2.94. The minimum atomic E-state index is -4.74. The quantitative estimate of drug-likeness (QED) is 0.140. The summed E-state index contributed by atoms with van der Waals surface area (Å²) in [6.07, 6.45) is -5.35. The number of ether oxygens (including phenoxy) is 5. The highest BCUT2D eigenvalue weighted by molar-refractivity contribution is 8.00. The van der Waals surface area contributed by atoms with Gasteiger partial charge in [0.15, 0.2) is 23.6 Å². The van der Waals surface area contributed by atoms with Crippen molar-refractivity contribution >= 4 is 23.7 Å². The van der Waals surface area contributed by atoms with E-state index in [9.17, 15) is 41.0 Å². The SMILES string of the molecule is COC(=O)C[C@H]1O[C@@H](S[C@@H]2COC[C@H](n3cc(-c4cnc(C(F)(F)F)nc4)nn3)[C@H]2O)[C@H](OC)[C@@H](n2cc(-c3cc(F)c(F)c(F)c3)nn2)[C@H]1OC(C)=O. The van der Waals surface area contributed by atoms with E-state index in [1.54, 1.807) is 0 Å². The second-order valence-electron chi connectivity index (χ2n) is 12.1. The molecule has 5 heterocycles. The maximum Gasteiger partial charge on any atom is 0.451 e. The molecule has 1 aromatic carbocycles. The number of methoxy groups -OCH3 is 2. The summed E-state index contributed by atoms with van der Waals surface area (Å²) in [5.74, 6) is -7.42. The van der Waals surface area contributed by atoms with E-state index < -0.39 is 95.0 Å². The number of hydrogen-bond acceptors (Lipinski definition) is 15. The molecular formula is C31H30F6N8O8S. The van der Waals surface area contributed by atoms with Gasteiger partial charge >= 0.3 is 18.1 Å². The molecule has 6 rings (SSSR count). The number of halogens is 6. The number of nitrogens with zero attached hydrogens (tertiary/aromatic N) is 8. The van der Waals surface area contributed by atoms with E-state index in [-0.39, 0.29) is 35.7 Å². The third-order valence-electron chi connectivity index (χ3n) is 8.59. The molecule has 0 spiro atoms. The molecule has 2 saturated heterocycles. The van der Waals surface area contributed by atoms with Crippen molar-refractivity contribution in [1.82, 2.24) is 40.0 Å². The Bertz CT molecular complexity index is 1950. The molecule has 0 unspecified atom stereocenters. The largest absolute Gasteiger partial charge is 0.469 e. The minimum Gasteiger partial charge on any atom is -0.469 e. The van der Waals surface area contributed by atoms with E-state index in [0.717, 1.165) is 50.3 Å². The lowest BCUT2D eigenvalue weighted by Gasteiger charge is -2.46. The molecule has 4 aromatic rings. The van der Waals surface area contributed by atoms with Crippen LogP contribution in [0.2, 0.25) is 0 Å². The molecule has 290 valence electrons. The zero-order valence-electron chi connectivity index (χ0n) is 28.3. The molecular weight excluding hydrogens is 758 g/mol. The van der Waals surface area contributed by atoms with Crippen LogP contribution in [0, 0.1) is 17.5 Å². The minimum absolute atomic E-state index is 0.0121. The Kier molecular flexibility index (Phi) is 11.5. The number of carbonyl (C=O) groups excluding carboxylic acids is 2. The lowest BCUT2D eigenvalue weighted by atomic mass is 9.94. The lowest BCUT2D eigenvalue weighted by molar-refractivity contribution is -0.203. The van der Waals surface area contributed by atoms with Gasteiger partial charge in [-0.05, 0) is 12.1 Å². The molecule has 16 nitrogen and oxygen atoms in total. The van der Waals surface area contributed by atoms with Gasteiger partial charge in [-0.2, -0.15) is 13.2 Å². The summed E-state index contributed by atoms with van der Waals surface area (Å²) in [5.41, 5.74) is -1.02. The molecule has 1 N–H and O–H groups in total. The van der Waals surface area contributed by atoms with Gasteiger partial charge in [-0.15, -0.1) is 22.0 Å². The maximum absolute atomic E-state index is 14.1. The van der Waals surface area contributed by atoms with E-state index >= 15 is 0 Å². The van der Waals surface area contributed by atoms with E-state index in [4.69, 9.17) is 23.7 Å². The average molecular weight is 789 g/mol. The number of thioether (sulfide) groups is 1. The molecule has 2 fully saturated rings. The molecule has 54 heavy (non-hydrogen) atoms. The summed E-state index contributed by atoms with van der Waals surface area (Å²) >= 11 is 1.05. The van der Waals surface area contributed by atoms with E-state index in [0.29, 0.717) is 0 Å². The van der Waals surface area contributed by atoms with Crippen molar-refractivity contribution in [2.75, 3.05) is 27.4 Å². The number of aliphatic hydroxyl groups is 1. The Morgan fingerprint density at radius 3 is 2.20 bits per heavy atom. The van der Waals surface area contributed by atoms with E-state index in [2.05, 4.69) is 30.6 Å². The third kappa shape index (κ3) is 8.18. The van der Waals surface area contributed by atoms with Crippen LogP contribution in [0.3, 0.4) is 0 Å². The van der Waals surface area contributed by atoms with Gasteiger partial charge in [-0.25, -0.2) is 32.5 Å². The molecule has 23 heteroatoms. The Hall–Kier alpha value is -4.71. The fraction of sp³-hybridized carbons (Fsp3) is 0.484. The Balaban J connectivity index is 1.28. The van der Waals surface area contributed by atoms with Crippen LogP contribution in [-0.2, 0) is 39.4 Å². The number of esters is 2. The summed E-state index contributed by atoms with van der Waals surface area (Å²) in [5, 5.41) is 26.9. The zero-order valence-corrected chi connectivity index (χ0v) is 29.1. The first-order valence-corrected chi connectivity index (χ1v) is 16.8. The van der Waals surface area contributed by atoms with Gasteiger partial charge in [0.25, 0.3) is 0 Å². The second-order valence-corrected chi connectivity index (χ2v) is 13.4. The summed E-state index contributed by atoms with van der Waals surface area (Å²) in [7, 11) is 2.47. The van der Waals surface area contributed by atoms with Crippen molar-refractivity contribution in [3.8, 4) is 22.5 Å². The average Bonchev–Trinajstić information content (AvgIpc) is 3.83. The van der Waals surface area contributed by atoms with Gasteiger partial charge in [0.05, 0.1) is 50.5 Å². The standard InChI is InChI=1S/C31H30F6N8O8S/c1-13(46)52-27-21(6-23(47)49-2)53-29(28(50-3)25(27)45-10-18(40-43-45)14-4-16(32)24(34)17(33)5-14)54-22-12-51-11-20(26(22)48)44-9-19(41-42-44)15-7-38-30(39-8-15)31(35,36)37/h4-5,7-10,20-22,25-29,48H,6,11-12H2,1-3H3/t20-,21+,22+,25-,26+,27-,28+,29-/m0/s1. The highest BCUT2D eigenvalue weighted by atomic mass is 32.2. The van der Waals surface area contributed by atoms with Crippen molar-refractivity contribution < 1.29 is 64.7 Å². The second kappa shape index (κ2) is 15.9. The molecule has 3 aromatic heterocycles. The van der Waals surface area contributed by atoms with Crippen LogP contribution in [0.4, 0.5) is 26.3 Å². The van der Waals surface area contributed by atoms with Crippen LogP contribution in [0.5, 0.6) is 0 Å². The summed E-state index contributed by atoms with van der Waals surface area (Å²) in [6, 6.07) is -0.508. The first kappa shape index (κ1) is 39.0. The van der Waals surface area contributed by atoms with Gasteiger partial charge in [-0.1, -0.05) is 10.4 Å². The summed E-state index contributed by atoms with van der Waals surface area (Å²) in [6.45, 7) is 1.09. The molecule has 0 bridgehead atoms. The van der Waals surface area contributed by atoms with Crippen LogP contribution in [-0.4, -0.2) is 120 Å². The molecule has 0 radical (unpaired) electrons. The van der Waals surface area contributed by atoms with Crippen molar-refractivity contribution in [1.29, 1.82) is 0 Å². The molecule has 0 saturated carbocycles. The van der Waals surface area contributed by atoms with Gasteiger partial charge in [-0.3, -0.25) is 9.59 Å². The first-order chi connectivity index (χ1) is 25.7. The highest BCUT2D eigenvalue weighted by Gasteiger charge is 2.52. The lowest BCUT2D eigenvalue weighted by Crippen LogP contribution is -2.57.